The number of rotatable bonds is 8. The third-order valence-corrected chi connectivity index (χ3v) is 2.33. The lowest BCUT2D eigenvalue weighted by Crippen LogP contribution is -2.47. The van der Waals surface area contributed by atoms with Gasteiger partial charge in [0.15, 0.2) is 0 Å². The molecule has 1 unspecified atom stereocenters. The summed E-state index contributed by atoms with van der Waals surface area (Å²) in [5, 5.41) is 8.80. The number of carbonyl (C=O) groups is 1. The van der Waals surface area contributed by atoms with Crippen molar-refractivity contribution in [2.45, 2.75) is 38.9 Å². The number of ether oxygens (including phenoxy) is 1. The molecule has 0 heterocycles. The fourth-order valence-corrected chi connectivity index (χ4v) is 1.67. The molecule has 0 aromatic rings. The Bertz CT molecular complexity index is 246. The van der Waals surface area contributed by atoms with Gasteiger partial charge in [0.25, 0.3) is 0 Å². The molecule has 0 spiro atoms. The second-order valence-electron chi connectivity index (χ2n) is 3.87. The molecule has 108 valence electrons. The van der Waals surface area contributed by atoms with Crippen LogP contribution in [-0.4, -0.2) is 54.5 Å². The molecule has 0 saturated carbocycles. The summed E-state index contributed by atoms with van der Waals surface area (Å²) in [5.74, 6) is -0.669. The van der Waals surface area contributed by atoms with Gasteiger partial charge in [-0.25, -0.2) is 0 Å². The third kappa shape index (κ3) is 6.80. The normalized spacial score (nSPS) is 13.7. The molecule has 7 heteroatoms. The first kappa shape index (κ1) is 17.2. The van der Waals surface area contributed by atoms with Crippen molar-refractivity contribution >= 4 is 5.97 Å². The van der Waals surface area contributed by atoms with Crippen LogP contribution in [0.2, 0.25) is 0 Å². The Hall–Kier alpha value is -0.820. The number of esters is 1. The van der Waals surface area contributed by atoms with E-state index in [1.807, 2.05) is 0 Å². The van der Waals surface area contributed by atoms with Gasteiger partial charge in [0.2, 0.25) is 0 Å². The molecule has 0 radical (unpaired) electrons. The summed E-state index contributed by atoms with van der Waals surface area (Å²) in [6, 6.07) is -0.955. The average molecular weight is 271 g/mol. The van der Waals surface area contributed by atoms with Crippen molar-refractivity contribution in [3.63, 3.8) is 0 Å². The van der Waals surface area contributed by atoms with E-state index in [0.29, 0.717) is 6.42 Å². The van der Waals surface area contributed by atoms with Gasteiger partial charge in [-0.05, 0) is 13.3 Å². The van der Waals surface area contributed by atoms with Gasteiger partial charge < -0.3 is 9.84 Å². The van der Waals surface area contributed by atoms with E-state index in [1.165, 1.54) is 0 Å². The molecule has 0 aromatic carbocycles. The molecule has 0 bridgehead atoms. The van der Waals surface area contributed by atoms with Crippen molar-refractivity contribution in [3.8, 4) is 0 Å². The molecular weight excluding hydrogens is 251 g/mol. The van der Waals surface area contributed by atoms with Gasteiger partial charge in [0.1, 0.15) is 6.04 Å². The highest BCUT2D eigenvalue weighted by atomic mass is 19.4. The fourth-order valence-electron chi connectivity index (χ4n) is 1.67. The van der Waals surface area contributed by atoms with Crippen molar-refractivity contribution in [1.29, 1.82) is 0 Å². The molecule has 1 atom stereocenters. The highest BCUT2D eigenvalue weighted by Crippen LogP contribution is 2.20. The Morgan fingerprint density at radius 2 is 2.00 bits per heavy atom. The highest BCUT2D eigenvalue weighted by Gasteiger charge is 2.36. The Labute approximate surface area is 105 Å². The van der Waals surface area contributed by atoms with Crippen LogP contribution in [0.25, 0.3) is 0 Å². The molecule has 0 aliphatic heterocycles. The van der Waals surface area contributed by atoms with Gasteiger partial charge in [0, 0.05) is 6.54 Å². The van der Waals surface area contributed by atoms with E-state index in [1.54, 1.807) is 13.8 Å². The monoisotopic (exact) mass is 271 g/mol. The first-order valence-corrected chi connectivity index (χ1v) is 5.94. The molecular formula is C11H20F3NO3. The first-order valence-electron chi connectivity index (χ1n) is 5.94. The zero-order valence-electron chi connectivity index (χ0n) is 10.7. The molecule has 0 saturated heterocycles. The van der Waals surface area contributed by atoms with Gasteiger partial charge in [-0.15, -0.1) is 0 Å². The van der Waals surface area contributed by atoms with Crippen molar-refractivity contribution in [3.05, 3.63) is 0 Å². The fraction of sp³-hybridized carbons (Fsp3) is 0.909. The zero-order chi connectivity index (χ0) is 14.2. The van der Waals surface area contributed by atoms with E-state index < -0.39 is 31.3 Å². The lowest BCUT2D eigenvalue weighted by atomic mass is 10.1. The Morgan fingerprint density at radius 3 is 2.39 bits per heavy atom. The minimum atomic E-state index is -4.41. The molecule has 0 aliphatic rings. The lowest BCUT2D eigenvalue weighted by molar-refractivity contribution is -0.166. The summed E-state index contributed by atoms with van der Waals surface area (Å²) >= 11 is 0. The Balaban J connectivity index is 4.79. The summed E-state index contributed by atoms with van der Waals surface area (Å²) in [6.45, 7) is 1.63. The smallest absolute Gasteiger partial charge is 0.401 e. The number of halogens is 3. The second-order valence-corrected chi connectivity index (χ2v) is 3.87. The molecule has 0 amide bonds. The van der Waals surface area contributed by atoms with Gasteiger partial charge >= 0.3 is 12.1 Å². The topological polar surface area (TPSA) is 49.8 Å². The quantitative estimate of drug-likeness (QED) is 0.681. The molecule has 0 aromatic heterocycles. The number of nitrogens with zero attached hydrogens (tertiary/aromatic N) is 1. The number of aliphatic hydroxyl groups excluding tert-OH is 1. The van der Waals surface area contributed by atoms with E-state index >= 15 is 0 Å². The molecule has 0 aliphatic carbocycles. The average Bonchev–Trinajstić information content (AvgIpc) is 2.23. The Morgan fingerprint density at radius 1 is 1.39 bits per heavy atom. The molecule has 0 rings (SSSR count). The van der Waals surface area contributed by atoms with Crippen molar-refractivity contribution in [2.75, 3.05) is 26.3 Å². The largest absolute Gasteiger partial charge is 0.465 e. The lowest BCUT2D eigenvalue weighted by Gasteiger charge is -2.29. The van der Waals surface area contributed by atoms with Crippen molar-refractivity contribution < 1.29 is 27.8 Å². The summed E-state index contributed by atoms with van der Waals surface area (Å²) in [6.07, 6.45) is -3.58. The van der Waals surface area contributed by atoms with Gasteiger partial charge in [-0.1, -0.05) is 13.3 Å². The molecule has 1 N–H and O–H groups in total. The first-order chi connectivity index (χ1) is 8.35. The number of hydrogen-bond donors (Lipinski definition) is 1. The highest BCUT2D eigenvalue weighted by molar-refractivity contribution is 5.75. The molecule has 18 heavy (non-hydrogen) atoms. The van der Waals surface area contributed by atoms with Crippen LogP contribution >= 0.6 is 0 Å². The summed E-state index contributed by atoms with van der Waals surface area (Å²) in [5.41, 5.74) is 0. The number of alkyl halides is 3. The number of aliphatic hydroxyl groups is 1. The maximum atomic E-state index is 12.4. The predicted molar refractivity (Wildman–Crippen MR) is 60.0 cm³/mol. The predicted octanol–water partition coefficient (Wildman–Crippen LogP) is 1.57. The van der Waals surface area contributed by atoms with Crippen LogP contribution in [0.4, 0.5) is 13.2 Å². The van der Waals surface area contributed by atoms with E-state index in [-0.39, 0.29) is 19.6 Å². The van der Waals surface area contributed by atoms with Crippen LogP contribution in [0.15, 0.2) is 0 Å². The van der Waals surface area contributed by atoms with E-state index in [9.17, 15) is 18.0 Å². The van der Waals surface area contributed by atoms with Crippen molar-refractivity contribution in [1.82, 2.24) is 4.90 Å². The molecule has 0 fully saturated rings. The Kier molecular flexibility index (Phi) is 7.93. The summed E-state index contributed by atoms with van der Waals surface area (Å²) in [4.78, 5) is 12.5. The minimum absolute atomic E-state index is 0.123. The van der Waals surface area contributed by atoms with E-state index in [4.69, 9.17) is 9.84 Å². The SMILES string of the molecule is CCCC(C(=O)OCC)N(CCO)CC(F)(F)F. The van der Waals surface area contributed by atoms with Crippen molar-refractivity contribution in [2.24, 2.45) is 0 Å². The van der Waals surface area contributed by atoms with Gasteiger partial charge in [0.05, 0.1) is 19.8 Å². The van der Waals surface area contributed by atoms with E-state index in [0.717, 1.165) is 4.90 Å². The van der Waals surface area contributed by atoms with Crippen LogP contribution < -0.4 is 0 Å². The van der Waals surface area contributed by atoms with Gasteiger partial charge in [-0.3, -0.25) is 9.69 Å². The van der Waals surface area contributed by atoms with Crippen LogP contribution in [-0.2, 0) is 9.53 Å². The summed E-state index contributed by atoms with van der Waals surface area (Å²) in [7, 11) is 0. The number of hydrogen-bond acceptors (Lipinski definition) is 4. The standard InChI is InChI=1S/C11H20F3NO3/c1-3-5-9(10(17)18-4-2)15(6-7-16)8-11(12,13)14/h9,16H,3-8H2,1-2H3. The molecule has 4 nitrogen and oxygen atoms in total. The van der Waals surface area contributed by atoms with Crippen LogP contribution in [0.3, 0.4) is 0 Å². The van der Waals surface area contributed by atoms with Gasteiger partial charge in [-0.2, -0.15) is 13.2 Å². The van der Waals surface area contributed by atoms with Crippen LogP contribution in [0, 0.1) is 0 Å². The van der Waals surface area contributed by atoms with E-state index in [2.05, 4.69) is 0 Å². The maximum Gasteiger partial charge on any atom is 0.401 e. The summed E-state index contributed by atoms with van der Waals surface area (Å²) < 4.78 is 42.0. The number of carbonyl (C=O) groups excluding carboxylic acids is 1. The van der Waals surface area contributed by atoms with Crippen LogP contribution in [0.1, 0.15) is 26.7 Å². The second kappa shape index (κ2) is 8.31. The maximum absolute atomic E-state index is 12.4. The van der Waals surface area contributed by atoms with Crippen LogP contribution in [0.5, 0.6) is 0 Å². The zero-order valence-corrected chi connectivity index (χ0v) is 10.7. The third-order valence-electron chi connectivity index (χ3n) is 2.33. The minimum Gasteiger partial charge on any atom is -0.465 e.